The number of rotatable bonds is 3. The van der Waals surface area contributed by atoms with Crippen LogP contribution < -0.4 is 0 Å². The number of carbonyl (C=O) groups is 2. The lowest BCUT2D eigenvalue weighted by atomic mass is 9.86. The second-order valence-electron chi connectivity index (χ2n) is 9.08. The molecule has 3 amide bonds. The molecule has 0 spiro atoms. The van der Waals surface area contributed by atoms with Crippen molar-refractivity contribution < 1.29 is 14.3 Å². The average Bonchev–Trinajstić information content (AvgIpc) is 3.29. The molecule has 1 aromatic rings. The van der Waals surface area contributed by atoms with Gasteiger partial charge in [-0.15, -0.1) is 0 Å². The van der Waals surface area contributed by atoms with E-state index in [9.17, 15) is 9.59 Å². The summed E-state index contributed by atoms with van der Waals surface area (Å²) in [6, 6.07) is 10.7. The molecule has 4 atom stereocenters. The van der Waals surface area contributed by atoms with Crippen molar-refractivity contribution in [2.45, 2.75) is 69.6 Å². The van der Waals surface area contributed by atoms with Crippen molar-refractivity contribution in [2.24, 2.45) is 11.8 Å². The quantitative estimate of drug-likeness (QED) is 0.738. The van der Waals surface area contributed by atoms with E-state index in [2.05, 4.69) is 24.3 Å². The van der Waals surface area contributed by atoms with Crippen LogP contribution in [0.25, 0.3) is 0 Å². The second kappa shape index (κ2) is 7.51. The number of ether oxygens (including phenoxy) is 1. The van der Waals surface area contributed by atoms with E-state index in [1.165, 1.54) is 12.0 Å². The molecule has 5 nitrogen and oxygen atoms in total. The number of imide groups is 1. The largest absolute Gasteiger partial charge is 0.373 e. The first-order valence-electron chi connectivity index (χ1n) is 11.0. The Morgan fingerprint density at radius 1 is 0.857 bits per heavy atom. The fraction of sp³-hybridized carbons (Fsp3) is 0.652. The summed E-state index contributed by atoms with van der Waals surface area (Å²) in [6.45, 7) is 1.05. The highest BCUT2D eigenvalue weighted by Crippen LogP contribution is 2.46. The van der Waals surface area contributed by atoms with Gasteiger partial charge in [0.1, 0.15) is 6.54 Å². The fourth-order valence-corrected chi connectivity index (χ4v) is 5.93. The molecule has 4 aliphatic rings. The van der Waals surface area contributed by atoms with Crippen LogP contribution in [-0.2, 0) is 9.53 Å². The second-order valence-corrected chi connectivity index (χ2v) is 9.08. The zero-order valence-electron chi connectivity index (χ0n) is 16.5. The highest BCUT2D eigenvalue weighted by atomic mass is 16.5. The van der Waals surface area contributed by atoms with Crippen LogP contribution in [0.1, 0.15) is 63.0 Å². The van der Waals surface area contributed by atoms with Crippen molar-refractivity contribution in [3.8, 4) is 0 Å². The van der Waals surface area contributed by atoms with Crippen molar-refractivity contribution >= 4 is 11.9 Å². The summed E-state index contributed by atoms with van der Waals surface area (Å²) in [7, 11) is 0. The lowest BCUT2D eigenvalue weighted by Gasteiger charge is -2.32. The van der Waals surface area contributed by atoms with Gasteiger partial charge in [-0.1, -0.05) is 49.6 Å². The van der Waals surface area contributed by atoms with Gasteiger partial charge in [0.05, 0.1) is 12.7 Å². The molecule has 150 valence electrons. The summed E-state index contributed by atoms with van der Waals surface area (Å²) in [6.07, 6.45) is 8.62. The lowest BCUT2D eigenvalue weighted by Crippen LogP contribution is -2.44. The highest BCUT2D eigenvalue weighted by Gasteiger charge is 2.48. The molecule has 5 heteroatoms. The van der Waals surface area contributed by atoms with Gasteiger partial charge in [0.15, 0.2) is 0 Å². The number of carbonyl (C=O) groups excluding carboxylic acids is 2. The molecular formula is C23H30N2O3. The standard InChI is InChI=1S/C23H30N2O3/c26-22-14-24(23(27)25(22)19-9-5-2-6-10-19)20-11-17-13-21(28-15-18(17)12-20)16-7-3-1-4-8-16/h1,3-4,7-8,17-21H,2,5-6,9-15H2/t17-,18+,20-,21-/m0/s1. The van der Waals surface area contributed by atoms with Crippen molar-refractivity contribution in [3.63, 3.8) is 0 Å². The maximum absolute atomic E-state index is 13.1. The van der Waals surface area contributed by atoms with Gasteiger partial charge in [-0.05, 0) is 49.5 Å². The Morgan fingerprint density at radius 2 is 1.61 bits per heavy atom. The van der Waals surface area contributed by atoms with Gasteiger partial charge < -0.3 is 9.64 Å². The molecule has 0 bridgehead atoms. The number of hydrogen-bond donors (Lipinski definition) is 0. The van der Waals surface area contributed by atoms with E-state index in [1.54, 1.807) is 4.90 Å². The molecule has 5 rings (SSSR count). The minimum Gasteiger partial charge on any atom is -0.373 e. The Kier molecular flexibility index (Phi) is 4.87. The molecule has 0 aromatic heterocycles. The summed E-state index contributed by atoms with van der Waals surface area (Å²) >= 11 is 0. The Hall–Kier alpha value is -1.88. The van der Waals surface area contributed by atoms with Crippen LogP contribution in [0.15, 0.2) is 30.3 Å². The van der Waals surface area contributed by atoms with Gasteiger partial charge in [-0.3, -0.25) is 9.69 Å². The summed E-state index contributed by atoms with van der Waals surface area (Å²) in [5.74, 6) is 1.11. The Balaban J connectivity index is 1.25. The number of hydrogen-bond acceptors (Lipinski definition) is 3. The van der Waals surface area contributed by atoms with Gasteiger partial charge in [0.2, 0.25) is 0 Å². The first-order valence-corrected chi connectivity index (χ1v) is 11.0. The van der Waals surface area contributed by atoms with Crippen molar-refractivity contribution in [3.05, 3.63) is 35.9 Å². The smallest absolute Gasteiger partial charge is 0.327 e. The Bertz CT molecular complexity index is 731. The van der Waals surface area contributed by atoms with Gasteiger partial charge >= 0.3 is 6.03 Å². The first kappa shape index (κ1) is 18.2. The molecular weight excluding hydrogens is 352 g/mol. The Labute approximate surface area is 167 Å². The van der Waals surface area contributed by atoms with Crippen molar-refractivity contribution in [1.82, 2.24) is 9.80 Å². The normalized spacial score (nSPS) is 34.1. The van der Waals surface area contributed by atoms with E-state index in [0.717, 1.165) is 51.6 Å². The third kappa shape index (κ3) is 3.24. The molecule has 2 saturated carbocycles. The van der Waals surface area contributed by atoms with Crippen LogP contribution in [0, 0.1) is 11.8 Å². The number of amides is 3. The topological polar surface area (TPSA) is 49.9 Å². The van der Waals surface area contributed by atoms with Crippen LogP contribution in [-0.4, -0.2) is 47.0 Å². The molecule has 0 unspecified atom stereocenters. The molecule has 2 aliphatic carbocycles. The minimum absolute atomic E-state index is 0.0187. The molecule has 28 heavy (non-hydrogen) atoms. The van der Waals surface area contributed by atoms with Crippen molar-refractivity contribution in [1.29, 1.82) is 0 Å². The SMILES string of the molecule is O=C1CN([C@@H]2C[C@@H]3CO[C@H](c4ccccc4)C[C@@H]3C2)C(=O)N1C1CCCCC1. The fourth-order valence-electron chi connectivity index (χ4n) is 5.93. The highest BCUT2D eigenvalue weighted by molar-refractivity contribution is 6.02. The monoisotopic (exact) mass is 382 g/mol. The first-order chi connectivity index (χ1) is 13.7. The van der Waals surface area contributed by atoms with Crippen LogP contribution in [0.3, 0.4) is 0 Å². The van der Waals surface area contributed by atoms with E-state index in [-0.39, 0.29) is 36.7 Å². The van der Waals surface area contributed by atoms with Gasteiger partial charge in [0.25, 0.3) is 5.91 Å². The van der Waals surface area contributed by atoms with E-state index in [1.807, 2.05) is 11.0 Å². The molecule has 2 saturated heterocycles. The summed E-state index contributed by atoms with van der Waals surface area (Å²) in [5, 5.41) is 0. The van der Waals surface area contributed by atoms with Crippen LogP contribution >= 0.6 is 0 Å². The van der Waals surface area contributed by atoms with E-state index >= 15 is 0 Å². The molecule has 2 aliphatic heterocycles. The third-order valence-electron chi connectivity index (χ3n) is 7.42. The maximum Gasteiger partial charge on any atom is 0.327 e. The van der Waals surface area contributed by atoms with Crippen LogP contribution in [0.2, 0.25) is 0 Å². The van der Waals surface area contributed by atoms with Gasteiger partial charge in [0, 0.05) is 12.1 Å². The number of urea groups is 1. The zero-order valence-corrected chi connectivity index (χ0v) is 16.5. The van der Waals surface area contributed by atoms with E-state index in [0.29, 0.717) is 11.8 Å². The molecule has 1 aromatic carbocycles. The predicted octanol–water partition coefficient (Wildman–Crippen LogP) is 4.14. The lowest BCUT2D eigenvalue weighted by molar-refractivity contribution is -0.127. The average molecular weight is 383 g/mol. The summed E-state index contributed by atoms with van der Waals surface area (Å²) in [5.41, 5.74) is 1.25. The third-order valence-corrected chi connectivity index (χ3v) is 7.42. The molecule has 2 heterocycles. The van der Waals surface area contributed by atoms with Crippen molar-refractivity contribution in [2.75, 3.05) is 13.2 Å². The Morgan fingerprint density at radius 3 is 2.39 bits per heavy atom. The summed E-state index contributed by atoms with van der Waals surface area (Å²) in [4.78, 5) is 29.2. The van der Waals surface area contributed by atoms with Crippen LogP contribution in [0.4, 0.5) is 4.79 Å². The minimum atomic E-state index is -0.0268. The number of benzene rings is 1. The maximum atomic E-state index is 13.1. The van der Waals surface area contributed by atoms with Gasteiger partial charge in [-0.25, -0.2) is 4.79 Å². The van der Waals surface area contributed by atoms with E-state index < -0.39 is 0 Å². The predicted molar refractivity (Wildman–Crippen MR) is 106 cm³/mol. The number of nitrogens with zero attached hydrogens (tertiary/aromatic N) is 2. The molecule has 0 N–H and O–H groups in total. The number of fused-ring (bicyclic) bond motifs is 1. The molecule has 0 radical (unpaired) electrons. The van der Waals surface area contributed by atoms with Gasteiger partial charge in [-0.2, -0.15) is 0 Å². The van der Waals surface area contributed by atoms with Crippen LogP contribution in [0.5, 0.6) is 0 Å². The summed E-state index contributed by atoms with van der Waals surface area (Å²) < 4.78 is 6.17. The molecule has 4 fully saturated rings. The zero-order chi connectivity index (χ0) is 19.1. The van der Waals surface area contributed by atoms with E-state index in [4.69, 9.17) is 4.74 Å².